The summed E-state index contributed by atoms with van der Waals surface area (Å²) in [5, 5.41) is 0.456. The van der Waals surface area contributed by atoms with Crippen molar-refractivity contribution in [2.45, 2.75) is 6.92 Å². The summed E-state index contributed by atoms with van der Waals surface area (Å²) in [6, 6.07) is 14.1. The van der Waals surface area contributed by atoms with Crippen molar-refractivity contribution in [3.8, 4) is 22.8 Å². The van der Waals surface area contributed by atoms with E-state index in [1.54, 1.807) is 0 Å². The molecule has 3 aromatic rings. The molecule has 0 bridgehead atoms. The van der Waals surface area contributed by atoms with Gasteiger partial charge in [0.05, 0.1) is 5.69 Å². The summed E-state index contributed by atoms with van der Waals surface area (Å²) < 4.78 is 4.18. The van der Waals surface area contributed by atoms with Gasteiger partial charge in [0.1, 0.15) is 5.69 Å². The van der Waals surface area contributed by atoms with Crippen LogP contribution in [0.25, 0.3) is 22.8 Å². The van der Waals surface area contributed by atoms with Gasteiger partial charge in [0, 0.05) is 17.1 Å². The smallest absolute Gasteiger partial charge is 0.200 e. The number of nitrogens with zero attached hydrogens (tertiary/aromatic N) is 3. The number of benzene rings is 1. The Morgan fingerprint density at radius 2 is 1.68 bits per heavy atom. The van der Waals surface area contributed by atoms with Gasteiger partial charge >= 0.3 is 0 Å². The lowest BCUT2D eigenvalue weighted by atomic mass is 10.1. The second-order valence-corrected chi connectivity index (χ2v) is 5.01. The maximum absolute atomic E-state index is 5.60. The van der Waals surface area contributed by atoms with Crippen molar-refractivity contribution in [1.82, 2.24) is 14.3 Å². The Hall–Kier alpha value is -2.27. The van der Waals surface area contributed by atoms with E-state index in [2.05, 4.69) is 45.5 Å². The van der Waals surface area contributed by atoms with E-state index in [0.29, 0.717) is 11.0 Å². The van der Waals surface area contributed by atoms with Crippen molar-refractivity contribution in [1.29, 1.82) is 0 Å². The molecule has 2 aromatic heterocycles. The molecule has 94 valence electrons. The van der Waals surface area contributed by atoms with E-state index in [0.717, 1.165) is 17.0 Å². The number of rotatable bonds is 2. The lowest BCUT2D eigenvalue weighted by Crippen LogP contribution is -1.90. The van der Waals surface area contributed by atoms with E-state index in [1.807, 2.05) is 18.2 Å². The van der Waals surface area contributed by atoms with E-state index < -0.39 is 0 Å². The van der Waals surface area contributed by atoms with Crippen LogP contribution in [0.2, 0.25) is 0 Å². The monoisotopic (exact) mass is 268 g/mol. The predicted molar refractivity (Wildman–Crippen MR) is 77.7 cm³/mol. The van der Waals surface area contributed by atoms with E-state index in [1.165, 1.54) is 17.1 Å². The molecule has 0 unspecified atom stereocenters. The highest BCUT2D eigenvalue weighted by Crippen LogP contribution is 2.22. The summed E-state index contributed by atoms with van der Waals surface area (Å²) in [5.74, 6) is 0.580. The average Bonchev–Trinajstić information content (AvgIpc) is 2.86. The van der Waals surface area contributed by atoms with Crippen LogP contribution in [0.15, 0.2) is 42.5 Å². The molecule has 0 saturated carbocycles. The summed E-state index contributed by atoms with van der Waals surface area (Å²) in [7, 11) is 0. The van der Waals surface area contributed by atoms with Gasteiger partial charge in [-0.15, -0.1) is 0 Å². The Morgan fingerprint density at radius 1 is 0.947 bits per heavy atom. The Morgan fingerprint density at radius 3 is 2.37 bits per heavy atom. The van der Waals surface area contributed by atoms with E-state index >= 15 is 0 Å². The van der Waals surface area contributed by atoms with Crippen molar-refractivity contribution in [3.05, 3.63) is 48.0 Å². The minimum atomic E-state index is 0.456. The number of anilines is 1. The van der Waals surface area contributed by atoms with Gasteiger partial charge in [-0.1, -0.05) is 35.9 Å². The van der Waals surface area contributed by atoms with E-state index in [-0.39, 0.29) is 0 Å². The molecule has 0 aliphatic carbocycles. The van der Waals surface area contributed by atoms with Gasteiger partial charge in [0.15, 0.2) is 11.0 Å². The van der Waals surface area contributed by atoms with Crippen LogP contribution in [-0.2, 0) is 0 Å². The van der Waals surface area contributed by atoms with Crippen LogP contribution < -0.4 is 5.73 Å². The third kappa shape index (κ3) is 2.46. The van der Waals surface area contributed by atoms with Crippen molar-refractivity contribution in [3.63, 3.8) is 0 Å². The molecule has 2 heterocycles. The molecule has 0 aliphatic heterocycles. The van der Waals surface area contributed by atoms with Crippen LogP contribution in [0.4, 0.5) is 5.13 Å². The topological polar surface area (TPSA) is 64.7 Å². The Labute approximate surface area is 115 Å². The van der Waals surface area contributed by atoms with Crippen molar-refractivity contribution in [2.75, 3.05) is 5.73 Å². The summed E-state index contributed by atoms with van der Waals surface area (Å²) in [6.45, 7) is 2.07. The molecule has 0 atom stereocenters. The predicted octanol–water partition coefficient (Wildman–Crippen LogP) is 3.16. The third-order valence-corrected chi connectivity index (χ3v) is 3.31. The fourth-order valence-electron chi connectivity index (χ4n) is 1.78. The van der Waals surface area contributed by atoms with Gasteiger partial charge in [0.25, 0.3) is 0 Å². The van der Waals surface area contributed by atoms with Gasteiger partial charge in [-0.2, -0.15) is 9.36 Å². The second kappa shape index (κ2) is 4.78. The first-order valence-corrected chi connectivity index (χ1v) is 6.63. The molecule has 2 N–H and O–H groups in total. The van der Waals surface area contributed by atoms with Crippen LogP contribution in [0, 0.1) is 6.92 Å². The summed E-state index contributed by atoms with van der Waals surface area (Å²) in [6.07, 6.45) is 0. The number of hydrogen-bond donors (Lipinski definition) is 1. The fourth-order valence-corrected chi connectivity index (χ4v) is 2.23. The molecule has 0 aliphatic rings. The van der Waals surface area contributed by atoms with Crippen LogP contribution in [0.1, 0.15) is 5.56 Å². The molecule has 0 radical (unpaired) electrons. The van der Waals surface area contributed by atoms with Gasteiger partial charge in [-0.25, -0.2) is 4.98 Å². The molecular formula is C14H12N4S. The minimum absolute atomic E-state index is 0.456. The second-order valence-electron chi connectivity index (χ2n) is 4.23. The normalized spacial score (nSPS) is 10.6. The highest BCUT2D eigenvalue weighted by molar-refractivity contribution is 7.09. The van der Waals surface area contributed by atoms with E-state index in [9.17, 15) is 0 Å². The molecule has 4 nitrogen and oxygen atoms in total. The maximum Gasteiger partial charge on any atom is 0.200 e. The minimum Gasteiger partial charge on any atom is -0.374 e. The Kier molecular flexibility index (Phi) is 2.97. The number of aryl methyl sites for hydroxylation is 1. The van der Waals surface area contributed by atoms with Crippen molar-refractivity contribution < 1.29 is 0 Å². The highest BCUT2D eigenvalue weighted by atomic mass is 32.1. The molecular weight excluding hydrogens is 256 g/mol. The van der Waals surface area contributed by atoms with Gasteiger partial charge < -0.3 is 5.73 Å². The largest absolute Gasteiger partial charge is 0.374 e. The first-order chi connectivity index (χ1) is 9.22. The molecule has 0 amide bonds. The molecule has 0 fully saturated rings. The number of hydrogen-bond acceptors (Lipinski definition) is 5. The molecule has 19 heavy (non-hydrogen) atoms. The molecule has 0 saturated heterocycles. The van der Waals surface area contributed by atoms with Gasteiger partial charge in [-0.05, 0) is 19.1 Å². The highest BCUT2D eigenvalue weighted by Gasteiger charge is 2.07. The number of aromatic nitrogens is 3. The summed E-state index contributed by atoms with van der Waals surface area (Å²) in [4.78, 5) is 8.73. The van der Waals surface area contributed by atoms with Crippen molar-refractivity contribution in [2.24, 2.45) is 0 Å². The number of nitrogen functional groups attached to an aromatic ring is 1. The quantitative estimate of drug-likeness (QED) is 0.775. The zero-order chi connectivity index (χ0) is 13.2. The molecule has 0 spiro atoms. The molecule has 3 rings (SSSR count). The van der Waals surface area contributed by atoms with Gasteiger partial charge in [0.2, 0.25) is 0 Å². The summed E-state index contributed by atoms with van der Waals surface area (Å²) >= 11 is 1.18. The Balaban J connectivity index is 2.02. The van der Waals surface area contributed by atoms with E-state index in [4.69, 9.17) is 5.73 Å². The Bertz CT molecular complexity index is 703. The number of pyridine rings is 1. The summed E-state index contributed by atoms with van der Waals surface area (Å²) in [5.41, 5.74) is 9.56. The standard InChI is InChI=1S/C14H12N4S/c1-9-5-7-10(8-6-9)11-3-2-4-12(16-11)13-17-14(15)19-18-13/h2-8H,1H3,(H2,15,17,18). The first-order valence-electron chi connectivity index (χ1n) is 5.86. The SMILES string of the molecule is Cc1ccc(-c2cccc(-c3nsc(N)n3)n2)cc1. The lowest BCUT2D eigenvalue weighted by Gasteiger charge is -2.03. The van der Waals surface area contributed by atoms with Crippen LogP contribution in [0.5, 0.6) is 0 Å². The zero-order valence-corrected chi connectivity index (χ0v) is 11.2. The lowest BCUT2D eigenvalue weighted by molar-refractivity contribution is 1.24. The van der Waals surface area contributed by atoms with Crippen molar-refractivity contribution >= 4 is 16.7 Å². The van der Waals surface area contributed by atoms with Gasteiger partial charge in [-0.3, -0.25) is 0 Å². The zero-order valence-electron chi connectivity index (χ0n) is 10.4. The van der Waals surface area contributed by atoms with Crippen LogP contribution >= 0.6 is 11.5 Å². The number of nitrogens with two attached hydrogens (primary N) is 1. The first kappa shape index (κ1) is 11.8. The van der Waals surface area contributed by atoms with Crippen LogP contribution in [0.3, 0.4) is 0 Å². The average molecular weight is 268 g/mol. The fraction of sp³-hybridized carbons (Fsp3) is 0.0714. The maximum atomic E-state index is 5.60. The van der Waals surface area contributed by atoms with Crippen LogP contribution in [-0.4, -0.2) is 14.3 Å². The third-order valence-electron chi connectivity index (χ3n) is 2.77. The molecule has 5 heteroatoms. The molecule has 1 aromatic carbocycles.